The first-order valence-electron chi connectivity index (χ1n) is 4.50. The highest BCUT2D eigenvalue weighted by Gasteiger charge is 2.19. The molecule has 0 saturated carbocycles. The molecule has 0 heterocycles. The van der Waals surface area contributed by atoms with Crippen LogP contribution in [0.25, 0.3) is 0 Å². The summed E-state index contributed by atoms with van der Waals surface area (Å²) >= 11 is 0. The van der Waals surface area contributed by atoms with E-state index in [1.54, 1.807) is 26.8 Å². The third-order valence-corrected chi connectivity index (χ3v) is 1.50. The summed E-state index contributed by atoms with van der Waals surface area (Å²) in [7, 11) is 0. The number of imide groups is 1. The van der Waals surface area contributed by atoms with E-state index in [-0.39, 0.29) is 19.0 Å². The number of nitriles is 1. The Kier molecular flexibility index (Phi) is 5.30. The van der Waals surface area contributed by atoms with Crippen LogP contribution in [0, 0.1) is 11.3 Å². The molecular weight excluding hydrogens is 182 g/mol. The van der Waals surface area contributed by atoms with Crippen LogP contribution in [0.4, 0.5) is 4.79 Å². The van der Waals surface area contributed by atoms with Crippen molar-refractivity contribution in [1.29, 1.82) is 5.26 Å². The van der Waals surface area contributed by atoms with Crippen LogP contribution in [-0.4, -0.2) is 29.4 Å². The molecular formula is C9H15N3O2. The van der Waals surface area contributed by atoms with Crippen molar-refractivity contribution in [2.24, 2.45) is 0 Å². The van der Waals surface area contributed by atoms with Gasteiger partial charge in [0.15, 0.2) is 0 Å². The third-order valence-electron chi connectivity index (χ3n) is 1.50. The summed E-state index contributed by atoms with van der Waals surface area (Å²) in [6, 6.07) is 1.26. The van der Waals surface area contributed by atoms with Crippen LogP contribution in [0.1, 0.15) is 27.2 Å². The molecule has 0 radical (unpaired) electrons. The van der Waals surface area contributed by atoms with E-state index in [9.17, 15) is 9.59 Å². The van der Waals surface area contributed by atoms with E-state index in [2.05, 4.69) is 5.32 Å². The minimum absolute atomic E-state index is 0.0218. The number of hydrogen-bond donors (Lipinski definition) is 1. The van der Waals surface area contributed by atoms with Gasteiger partial charge in [0.1, 0.15) is 6.42 Å². The van der Waals surface area contributed by atoms with Gasteiger partial charge in [-0.05, 0) is 20.8 Å². The molecule has 14 heavy (non-hydrogen) atoms. The second kappa shape index (κ2) is 5.97. The van der Waals surface area contributed by atoms with Gasteiger partial charge < -0.3 is 5.32 Å². The van der Waals surface area contributed by atoms with Crippen LogP contribution >= 0.6 is 0 Å². The number of carbonyl (C=O) groups excluding carboxylic acids is 2. The largest absolute Gasteiger partial charge is 0.335 e. The first-order valence-corrected chi connectivity index (χ1v) is 4.50. The van der Waals surface area contributed by atoms with Crippen molar-refractivity contribution in [2.75, 3.05) is 6.54 Å². The van der Waals surface area contributed by atoms with Crippen molar-refractivity contribution in [2.45, 2.75) is 33.2 Å². The Labute approximate surface area is 83.7 Å². The molecule has 78 valence electrons. The SMILES string of the molecule is CCN(C(=O)CC#N)C(=O)NC(C)C. The molecule has 1 N–H and O–H groups in total. The average Bonchev–Trinajstić information content (AvgIpc) is 2.04. The molecule has 0 spiro atoms. The van der Waals surface area contributed by atoms with E-state index in [1.807, 2.05) is 0 Å². The van der Waals surface area contributed by atoms with E-state index < -0.39 is 11.9 Å². The highest BCUT2D eigenvalue weighted by atomic mass is 16.2. The zero-order valence-corrected chi connectivity index (χ0v) is 8.70. The summed E-state index contributed by atoms with van der Waals surface area (Å²) in [5, 5.41) is 10.9. The predicted molar refractivity (Wildman–Crippen MR) is 51.3 cm³/mol. The number of urea groups is 1. The van der Waals surface area contributed by atoms with Gasteiger partial charge >= 0.3 is 6.03 Å². The van der Waals surface area contributed by atoms with Crippen molar-refractivity contribution >= 4 is 11.9 Å². The average molecular weight is 197 g/mol. The Balaban J connectivity index is 4.34. The maximum Gasteiger partial charge on any atom is 0.324 e. The van der Waals surface area contributed by atoms with Gasteiger partial charge in [-0.15, -0.1) is 0 Å². The molecule has 3 amide bonds. The van der Waals surface area contributed by atoms with Crippen LogP contribution in [0.3, 0.4) is 0 Å². The zero-order valence-electron chi connectivity index (χ0n) is 8.70. The van der Waals surface area contributed by atoms with Crippen LogP contribution in [0.5, 0.6) is 0 Å². The van der Waals surface area contributed by atoms with Crippen molar-refractivity contribution in [1.82, 2.24) is 10.2 Å². The summed E-state index contributed by atoms with van der Waals surface area (Å²) in [6.45, 7) is 5.58. The molecule has 0 bridgehead atoms. The summed E-state index contributed by atoms with van der Waals surface area (Å²) in [5.41, 5.74) is 0. The Hall–Kier alpha value is -1.57. The summed E-state index contributed by atoms with van der Waals surface area (Å²) in [4.78, 5) is 23.7. The maximum atomic E-state index is 11.4. The van der Waals surface area contributed by atoms with Crippen LogP contribution in [0.15, 0.2) is 0 Å². The topological polar surface area (TPSA) is 73.2 Å². The zero-order chi connectivity index (χ0) is 11.1. The lowest BCUT2D eigenvalue weighted by molar-refractivity contribution is -0.127. The number of amides is 3. The van der Waals surface area contributed by atoms with Gasteiger partial charge in [0.05, 0.1) is 6.07 Å². The molecule has 0 aromatic heterocycles. The molecule has 0 aliphatic carbocycles. The minimum atomic E-state index is -0.465. The van der Waals surface area contributed by atoms with Gasteiger partial charge in [-0.25, -0.2) is 4.79 Å². The quantitative estimate of drug-likeness (QED) is 0.729. The van der Waals surface area contributed by atoms with E-state index >= 15 is 0 Å². The molecule has 0 aromatic rings. The predicted octanol–water partition coefficient (Wildman–Crippen LogP) is 0.867. The van der Waals surface area contributed by atoms with Crippen LogP contribution in [-0.2, 0) is 4.79 Å². The number of nitrogens with zero attached hydrogens (tertiary/aromatic N) is 2. The highest BCUT2D eigenvalue weighted by Crippen LogP contribution is 1.95. The van der Waals surface area contributed by atoms with Crippen molar-refractivity contribution in [3.05, 3.63) is 0 Å². The standard InChI is InChI=1S/C9H15N3O2/c1-4-12(8(13)5-6-10)9(14)11-7(2)3/h7H,4-5H2,1-3H3,(H,11,14). The van der Waals surface area contributed by atoms with Gasteiger partial charge in [0.25, 0.3) is 0 Å². The minimum Gasteiger partial charge on any atom is -0.335 e. The fourth-order valence-corrected chi connectivity index (χ4v) is 0.921. The van der Waals surface area contributed by atoms with E-state index in [1.165, 1.54) is 0 Å². The summed E-state index contributed by atoms with van der Waals surface area (Å²) < 4.78 is 0. The molecule has 0 aliphatic heterocycles. The van der Waals surface area contributed by atoms with Crippen molar-refractivity contribution in [3.63, 3.8) is 0 Å². The lowest BCUT2D eigenvalue weighted by Crippen LogP contribution is -2.45. The van der Waals surface area contributed by atoms with E-state index in [0.29, 0.717) is 0 Å². The molecule has 0 rings (SSSR count). The fraction of sp³-hybridized carbons (Fsp3) is 0.667. The van der Waals surface area contributed by atoms with E-state index in [4.69, 9.17) is 5.26 Å². The summed E-state index contributed by atoms with van der Waals surface area (Å²) in [6.07, 6.45) is -0.265. The smallest absolute Gasteiger partial charge is 0.324 e. The molecule has 0 fully saturated rings. The molecule has 0 unspecified atom stereocenters. The number of rotatable bonds is 3. The molecule has 5 nitrogen and oxygen atoms in total. The maximum absolute atomic E-state index is 11.4. The van der Waals surface area contributed by atoms with E-state index in [0.717, 1.165) is 4.90 Å². The first-order chi connectivity index (χ1) is 6.52. The summed E-state index contributed by atoms with van der Waals surface area (Å²) in [5.74, 6) is -0.465. The van der Waals surface area contributed by atoms with Gasteiger partial charge in [-0.2, -0.15) is 5.26 Å². The van der Waals surface area contributed by atoms with Gasteiger partial charge in [-0.1, -0.05) is 0 Å². The van der Waals surface area contributed by atoms with Crippen molar-refractivity contribution < 1.29 is 9.59 Å². The number of hydrogen-bond acceptors (Lipinski definition) is 3. The second-order valence-corrected chi connectivity index (χ2v) is 3.08. The second-order valence-electron chi connectivity index (χ2n) is 3.08. The third kappa shape index (κ3) is 3.90. The molecule has 0 aliphatic rings. The van der Waals surface area contributed by atoms with Gasteiger partial charge in [0, 0.05) is 12.6 Å². The monoisotopic (exact) mass is 197 g/mol. The van der Waals surface area contributed by atoms with Gasteiger partial charge in [0.2, 0.25) is 5.91 Å². The Morgan fingerprint density at radius 2 is 2.07 bits per heavy atom. The van der Waals surface area contributed by atoms with Crippen LogP contribution in [0.2, 0.25) is 0 Å². The molecule has 5 heteroatoms. The lowest BCUT2D eigenvalue weighted by atomic mass is 10.3. The fourth-order valence-electron chi connectivity index (χ4n) is 0.921. The molecule has 0 saturated heterocycles. The Morgan fingerprint density at radius 3 is 2.43 bits per heavy atom. The lowest BCUT2D eigenvalue weighted by Gasteiger charge is -2.19. The Morgan fingerprint density at radius 1 is 1.50 bits per heavy atom. The number of carbonyl (C=O) groups is 2. The Bertz CT molecular complexity index is 255. The highest BCUT2D eigenvalue weighted by molar-refractivity contribution is 5.95. The van der Waals surface area contributed by atoms with Gasteiger partial charge in [-0.3, -0.25) is 9.69 Å². The first kappa shape index (κ1) is 12.4. The molecule has 0 aromatic carbocycles. The van der Waals surface area contributed by atoms with Crippen LogP contribution < -0.4 is 5.32 Å². The normalized spacial score (nSPS) is 9.36. The van der Waals surface area contributed by atoms with Crippen molar-refractivity contribution in [3.8, 4) is 6.07 Å². The number of nitrogens with one attached hydrogen (secondary N) is 1. The molecule has 0 atom stereocenters.